The van der Waals surface area contributed by atoms with Crippen LogP contribution in [0.2, 0.25) is 0 Å². The van der Waals surface area contributed by atoms with Crippen molar-refractivity contribution < 1.29 is 33.2 Å². The quantitative estimate of drug-likeness (QED) is 0.0565. The summed E-state index contributed by atoms with van der Waals surface area (Å²) in [5, 5.41) is 14.8. The third-order valence-corrected chi connectivity index (χ3v) is 24.8. The van der Waals surface area contributed by atoms with Gasteiger partial charge in [-0.05, 0) is 174 Å². The molecule has 6 aromatic heterocycles. The molecular formula is C82H84FN17O8S. The summed E-state index contributed by atoms with van der Waals surface area (Å²) in [7, 11) is 1.69. The average Bonchev–Trinajstić information content (AvgIpc) is 1.61. The highest BCUT2D eigenvalue weighted by atomic mass is 32.1. The maximum absolute atomic E-state index is 15.6. The molecule has 0 radical (unpaired) electrons. The Morgan fingerprint density at radius 3 is 2.14 bits per heavy atom. The predicted octanol–water partition coefficient (Wildman–Crippen LogP) is 9.10. The third-order valence-electron chi connectivity index (χ3n) is 23.6. The number of rotatable bonds is 16. The van der Waals surface area contributed by atoms with Crippen LogP contribution in [0.25, 0.3) is 76.8 Å². The van der Waals surface area contributed by atoms with Crippen LogP contribution < -0.4 is 52.4 Å². The molecule has 558 valence electrons. The molecule has 5 aromatic carbocycles. The summed E-state index contributed by atoms with van der Waals surface area (Å²) in [4.78, 5) is 137. The van der Waals surface area contributed by atoms with Crippen molar-refractivity contribution in [2.45, 2.75) is 89.3 Å². The fourth-order valence-electron chi connectivity index (χ4n) is 17.7. The number of piperidine rings is 3. The highest BCUT2D eigenvalue weighted by molar-refractivity contribution is 7.21. The van der Waals surface area contributed by atoms with Gasteiger partial charge in [-0.1, -0.05) is 24.3 Å². The van der Waals surface area contributed by atoms with Gasteiger partial charge in [-0.3, -0.25) is 62.6 Å². The highest BCUT2D eigenvalue weighted by Crippen LogP contribution is 2.43. The van der Waals surface area contributed by atoms with Crippen LogP contribution in [0.3, 0.4) is 0 Å². The number of aromatic amines is 1. The molecule has 27 heteroatoms. The maximum Gasteiger partial charge on any atom is 0.349 e. The minimum absolute atomic E-state index is 0.00383. The number of anilines is 4. The van der Waals surface area contributed by atoms with E-state index in [-0.39, 0.29) is 54.9 Å². The lowest BCUT2D eigenvalue weighted by molar-refractivity contribution is -0.136. The van der Waals surface area contributed by atoms with Gasteiger partial charge in [0.15, 0.2) is 0 Å². The Kier molecular flexibility index (Phi) is 18.1. The zero-order valence-corrected chi connectivity index (χ0v) is 61.6. The normalized spacial score (nSPS) is 19.9. The number of thiophene rings is 1. The molecule has 18 rings (SSSR count). The number of hydrogen-bond acceptors (Lipinski definition) is 17. The zero-order chi connectivity index (χ0) is 74.5. The largest absolute Gasteiger partial charge is 0.381 e. The van der Waals surface area contributed by atoms with Crippen LogP contribution in [0.15, 0.2) is 137 Å². The van der Waals surface area contributed by atoms with Gasteiger partial charge in [0.2, 0.25) is 17.7 Å². The van der Waals surface area contributed by atoms with Gasteiger partial charge < -0.3 is 35.6 Å². The molecule has 11 aromatic rings. The molecule has 109 heavy (non-hydrogen) atoms. The number of amides is 6. The van der Waals surface area contributed by atoms with Crippen molar-refractivity contribution in [1.29, 1.82) is 0 Å². The standard InChI is InChI=1S/C82H84FN17O8S/c1-48-47-86-74-73-56-14-16-60(88-61(56)17-21-70(73)109-76(74)79(105)87-48)50-8-10-53(11-9-50)95-39-37-93(38-40-95)32-26-49-27-33-94(34-28-49)55-13-18-65-69(45-55)99(82(108)97(65)67-19-22-71(101)90-78(67)104)100-72(102)23-20-68(80(100)106)98-66-7-3-5-51(75(66)91(2)81(98)107)6-4-31-92-35-41-96(42-36-92)54-12-15-59(83)57(44-54)64-43-52(24-29-84-64)63-46-58-62(89-63)25-30-85-77(58)103/h3,5,7-18,21,24,29,43-46,48-49,67-68,86,89H,4,6,19-20,22-23,25-28,30-42,47H2,1-2H3,(H,85,103)(H,87,105)(H,90,101,104)/t48-,67?,68?/m1/s1. The molecule has 25 nitrogen and oxygen atoms in total. The number of carbonyl (C=O) groups is 6. The van der Waals surface area contributed by atoms with Crippen LogP contribution in [-0.2, 0) is 39.1 Å². The van der Waals surface area contributed by atoms with Crippen molar-refractivity contribution in [1.82, 2.24) is 59.1 Å². The number of nitrogens with one attached hydrogen (secondary N) is 5. The molecule has 0 bridgehead atoms. The molecule has 5 fully saturated rings. The SMILES string of the molecule is C[C@@H]1CNc2c(sc3ccc4nc(-c5ccc(N6CCN(CCC7CCN(c8ccc9c(c8)n(N8C(=O)CCC(n%10c(=O)n(C)c%11c(CCCN%12CCN(c%13ccc(F)c(-c%14cc(-c%15cc%16c([nH]%15)CCNC%16=O)ccn%14)c%13)CC%12)cccc%11%10)C8=O)c(=O)n9C8CCC(=O)NC8=O)CC7)CC6)cc5)ccc4c23)C(=O)N1. The first-order chi connectivity index (χ1) is 53.0. The van der Waals surface area contributed by atoms with Gasteiger partial charge in [0.1, 0.15) is 22.8 Å². The Labute approximate surface area is 630 Å². The number of piperazine rings is 2. The van der Waals surface area contributed by atoms with Crippen molar-refractivity contribution in [3.05, 3.63) is 176 Å². The van der Waals surface area contributed by atoms with E-state index in [2.05, 4.69) is 98.2 Å². The summed E-state index contributed by atoms with van der Waals surface area (Å²) in [5.41, 5.74) is 12.1. The van der Waals surface area contributed by atoms with Gasteiger partial charge >= 0.3 is 11.4 Å². The smallest absolute Gasteiger partial charge is 0.349 e. The monoisotopic (exact) mass is 1490 g/mol. The summed E-state index contributed by atoms with van der Waals surface area (Å²) in [6.45, 7) is 13.3. The molecule has 0 aliphatic carbocycles. The van der Waals surface area contributed by atoms with E-state index in [0.717, 1.165) is 186 Å². The average molecular weight is 1490 g/mol. The van der Waals surface area contributed by atoms with E-state index < -0.39 is 47.1 Å². The van der Waals surface area contributed by atoms with Crippen LogP contribution in [-0.4, -0.2) is 176 Å². The number of pyridine rings is 2. The zero-order valence-electron chi connectivity index (χ0n) is 60.8. The highest BCUT2D eigenvalue weighted by Gasteiger charge is 2.43. The molecule has 13 heterocycles. The minimum atomic E-state index is -1.16. The number of imide groups is 2. The number of nitrogens with zero attached hydrogens (tertiary/aromatic N) is 12. The number of fused-ring (bicyclic) bond motifs is 8. The number of carbonyl (C=O) groups excluding carboxylic acids is 6. The van der Waals surface area contributed by atoms with Crippen molar-refractivity contribution in [2.75, 3.05) is 117 Å². The van der Waals surface area contributed by atoms with Gasteiger partial charge in [-0.15, -0.1) is 11.3 Å². The summed E-state index contributed by atoms with van der Waals surface area (Å²) >= 11 is 1.51. The van der Waals surface area contributed by atoms with Crippen molar-refractivity contribution in [3.8, 4) is 33.8 Å². The molecule has 2 unspecified atom stereocenters. The summed E-state index contributed by atoms with van der Waals surface area (Å²) in [6.07, 6.45) is 6.64. The maximum atomic E-state index is 15.6. The van der Waals surface area contributed by atoms with E-state index in [4.69, 9.17) is 4.98 Å². The molecule has 7 aliphatic heterocycles. The van der Waals surface area contributed by atoms with Crippen LogP contribution in [0, 0.1) is 11.7 Å². The van der Waals surface area contributed by atoms with E-state index in [1.807, 2.05) is 67.6 Å². The number of aromatic nitrogens is 7. The van der Waals surface area contributed by atoms with E-state index in [1.54, 1.807) is 29.9 Å². The Hall–Kier alpha value is -11.3. The second kappa shape index (κ2) is 28.4. The van der Waals surface area contributed by atoms with E-state index in [1.165, 1.54) is 32.2 Å². The Balaban J connectivity index is 0.512. The molecule has 0 saturated carbocycles. The van der Waals surface area contributed by atoms with Gasteiger partial charge in [0.05, 0.1) is 50.2 Å². The fraction of sp³-hybridized carbons (Fsp3) is 0.366. The van der Waals surface area contributed by atoms with Crippen LogP contribution in [0.5, 0.6) is 0 Å². The second-order valence-corrected chi connectivity index (χ2v) is 31.2. The van der Waals surface area contributed by atoms with Crippen LogP contribution >= 0.6 is 11.3 Å². The summed E-state index contributed by atoms with van der Waals surface area (Å²) < 4.78 is 22.1. The lowest BCUT2D eigenvalue weighted by atomic mass is 9.93. The van der Waals surface area contributed by atoms with Gasteiger partial charge in [-0.2, -0.15) is 9.69 Å². The fourth-order valence-corrected chi connectivity index (χ4v) is 18.8. The number of hydrogen-bond donors (Lipinski definition) is 5. The van der Waals surface area contributed by atoms with Gasteiger partial charge in [0, 0.05) is 178 Å². The molecule has 0 spiro atoms. The first-order valence-corrected chi connectivity index (χ1v) is 39.0. The lowest BCUT2D eigenvalue weighted by Crippen LogP contribution is -2.56. The Bertz CT molecular complexity index is 5650. The third kappa shape index (κ3) is 12.8. The van der Waals surface area contributed by atoms with Gasteiger partial charge in [0.25, 0.3) is 17.7 Å². The van der Waals surface area contributed by atoms with Crippen molar-refractivity contribution in [2.24, 2.45) is 13.0 Å². The molecular weight excluding hydrogens is 1400 g/mol. The topological polar surface area (TPSA) is 265 Å². The molecule has 7 aliphatic rings. The van der Waals surface area contributed by atoms with E-state index in [9.17, 15) is 28.8 Å². The second-order valence-electron chi connectivity index (χ2n) is 30.2. The first-order valence-electron chi connectivity index (χ1n) is 38.2. The van der Waals surface area contributed by atoms with E-state index >= 15 is 14.0 Å². The number of halogens is 1. The molecule has 6 amide bonds. The minimum Gasteiger partial charge on any atom is -0.381 e. The van der Waals surface area contributed by atoms with Gasteiger partial charge in [-0.25, -0.2) is 19.0 Å². The molecule has 5 saturated heterocycles. The Morgan fingerprint density at radius 2 is 1.35 bits per heavy atom. The van der Waals surface area contributed by atoms with Crippen molar-refractivity contribution >= 4 is 113 Å². The number of aryl methyl sites for hydroxylation is 2. The number of H-pyrrole nitrogens is 1. The molecule has 3 atom stereocenters. The number of para-hydroxylation sites is 1. The molecule has 5 N–H and O–H groups in total. The Morgan fingerprint density at radius 1 is 0.615 bits per heavy atom. The predicted molar refractivity (Wildman–Crippen MR) is 420 cm³/mol. The first kappa shape index (κ1) is 69.5. The van der Waals surface area contributed by atoms with Crippen LogP contribution in [0.4, 0.5) is 27.1 Å². The number of imidazole rings is 2. The number of benzene rings is 5. The summed E-state index contributed by atoms with van der Waals surface area (Å²) in [6, 6.07) is 36.7. The van der Waals surface area contributed by atoms with Crippen molar-refractivity contribution in [3.63, 3.8) is 0 Å². The van der Waals surface area contributed by atoms with Crippen LogP contribution in [0.1, 0.15) is 102 Å². The lowest BCUT2D eigenvalue weighted by Gasteiger charge is -2.38. The summed E-state index contributed by atoms with van der Waals surface area (Å²) in [5.74, 6) is -2.50. The van der Waals surface area contributed by atoms with E-state index in [0.29, 0.717) is 70.1 Å².